The summed E-state index contributed by atoms with van der Waals surface area (Å²) < 4.78 is 4.97. The van der Waals surface area contributed by atoms with E-state index in [-0.39, 0.29) is 5.97 Å². The van der Waals surface area contributed by atoms with Crippen molar-refractivity contribution in [2.75, 3.05) is 26.2 Å². The quantitative estimate of drug-likeness (QED) is 0.635. The number of aryl methyl sites for hydroxylation is 1. The van der Waals surface area contributed by atoms with Gasteiger partial charge in [-0.25, -0.2) is 0 Å². The van der Waals surface area contributed by atoms with Crippen LogP contribution < -0.4 is 0 Å². The standard InChI is InChI=1S/C19H31NO3/c1-4-13-20(15-12-19(22)23-6-3)14-11-18(21)17-9-7-16(5-2)8-10-17/h7-10,18,21H,4-6,11-15H2,1-3H3. The second-order valence-corrected chi connectivity index (χ2v) is 5.80. The van der Waals surface area contributed by atoms with Crippen molar-refractivity contribution in [1.82, 2.24) is 4.90 Å². The van der Waals surface area contributed by atoms with Gasteiger partial charge in [-0.3, -0.25) is 4.79 Å². The van der Waals surface area contributed by atoms with Crippen LogP contribution in [0.1, 0.15) is 57.3 Å². The van der Waals surface area contributed by atoms with Gasteiger partial charge in [0.15, 0.2) is 0 Å². The minimum atomic E-state index is -0.456. The lowest BCUT2D eigenvalue weighted by Gasteiger charge is -2.23. The molecular weight excluding hydrogens is 290 g/mol. The summed E-state index contributed by atoms with van der Waals surface area (Å²) in [5.41, 5.74) is 2.24. The second kappa shape index (κ2) is 11.2. The zero-order valence-electron chi connectivity index (χ0n) is 14.8. The number of hydrogen-bond donors (Lipinski definition) is 1. The molecule has 0 aliphatic heterocycles. The number of carbonyl (C=O) groups is 1. The largest absolute Gasteiger partial charge is 0.466 e. The first-order valence-corrected chi connectivity index (χ1v) is 8.75. The van der Waals surface area contributed by atoms with Gasteiger partial charge in [0.25, 0.3) is 0 Å². The Bertz CT molecular complexity index is 444. The van der Waals surface area contributed by atoms with Gasteiger partial charge < -0.3 is 14.7 Å². The summed E-state index contributed by atoms with van der Waals surface area (Å²) >= 11 is 0. The number of ether oxygens (including phenoxy) is 1. The van der Waals surface area contributed by atoms with Crippen molar-refractivity contribution in [3.8, 4) is 0 Å². The summed E-state index contributed by atoms with van der Waals surface area (Å²) in [7, 11) is 0. The van der Waals surface area contributed by atoms with Crippen LogP contribution in [0.25, 0.3) is 0 Å². The molecule has 1 unspecified atom stereocenters. The van der Waals surface area contributed by atoms with E-state index >= 15 is 0 Å². The number of hydrogen-bond acceptors (Lipinski definition) is 4. The van der Waals surface area contributed by atoms with Gasteiger partial charge in [0, 0.05) is 13.1 Å². The van der Waals surface area contributed by atoms with Gasteiger partial charge in [0.05, 0.1) is 19.1 Å². The zero-order valence-corrected chi connectivity index (χ0v) is 14.8. The molecule has 1 aromatic carbocycles. The van der Waals surface area contributed by atoms with E-state index in [0.717, 1.165) is 31.5 Å². The Balaban J connectivity index is 2.44. The summed E-state index contributed by atoms with van der Waals surface area (Å²) in [5, 5.41) is 10.3. The van der Waals surface area contributed by atoms with Crippen LogP contribution >= 0.6 is 0 Å². The number of aliphatic hydroxyl groups excluding tert-OH is 1. The molecule has 0 radical (unpaired) electrons. The number of benzene rings is 1. The molecule has 1 atom stereocenters. The number of rotatable bonds is 11. The molecule has 0 fully saturated rings. The second-order valence-electron chi connectivity index (χ2n) is 5.80. The fourth-order valence-electron chi connectivity index (χ4n) is 2.58. The molecule has 0 aliphatic carbocycles. The summed E-state index contributed by atoms with van der Waals surface area (Å²) in [6.45, 7) is 8.90. The van der Waals surface area contributed by atoms with Crippen LogP contribution in [0, 0.1) is 0 Å². The van der Waals surface area contributed by atoms with Gasteiger partial charge in [-0.05, 0) is 43.9 Å². The summed E-state index contributed by atoms with van der Waals surface area (Å²) in [4.78, 5) is 13.7. The maximum atomic E-state index is 11.5. The molecule has 0 aliphatic rings. The molecule has 130 valence electrons. The minimum absolute atomic E-state index is 0.149. The van der Waals surface area contributed by atoms with Crippen molar-refractivity contribution < 1.29 is 14.6 Å². The predicted molar refractivity (Wildman–Crippen MR) is 93.4 cm³/mol. The Hall–Kier alpha value is -1.39. The van der Waals surface area contributed by atoms with E-state index in [1.165, 1.54) is 5.56 Å². The van der Waals surface area contributed by atoms with Crippen molar-refractivity contribution >= 4 is 5.97 Å². The van der Waals surface area contributed by atoms with E-state index in [1.54, 1.807) is 0 Å². The van der Waals surface area contributed by atoms with Gasteiger partial charge in [0.2, 0.25) is 0 Å². The van der Waals surface area contributed by atoms with Gasteiger partial charge >= 0.3 is 5.97 Å². The molecule has 0 aromatic heterocycles. The average molecular weight is 321 g/mol. The van der Waals surface area contributed by atoms with Gasteiger partial charge in [-0.2, -0.15) is 0 Å². The molecule has 0 bridgehead atoms. The highest BCUT2D eigenvalue weighted by molar-refractivity contribution is 5.69. The third-order valence-corrected chi connectivity index (χ3v) is 3.97. The van der Waals surface area contributed by atoms with Crippen molar-refractivity contribution in [3.63, 3.8) is 0 Å². The maximum absolute atomic E-state index is 11.5. The van der Waals surface area contributed by atoms with E-state index in [9.17, 15) is 9.90 Å². The molecule has 0 saturated heterocycles. The third kappa shape index (κ3) is 7.62. The summed E-state index contributed by atoms with van der Waals surface area (Å²) in [6, 6.07) is 8.16. The van der Waals surface area contributed by atoms with Gasteiger partial charge in [0.1, 0.15) is 0 Å². The molecule has 1 aromatic rings. The van der Waals surface area contributed by atoms with Crippen LogP contribution in [0.5, 0.6) is 0 Å². The zero-order chi connectivity index (χ0) is 17.1. The molecule has 23 heavy (non-hydrogen) atoms. The highest BCUT2D eigenvalue weighted by Crippen LogP contribution is 2.18. The molecule has 4 nitrogen and oxygen atoms in total. The Kier molecular flexibility index (Phi) is 9.57. The molecule has 0 amide bonds. The number of aliphatic hydroxyl groups is 1. The lowest BCUT2D eigenvalue weighted by molar-refractivity contribution is -0.143. The molecule has 1 N–H and O–H groups in total. The van der Waals surface area contributed by atoms with Crippen LogP contribution in [0.3, 0.4) is 0 Å². The fourth-order valence-corrected chi connectivity index (χ4v) is 2.58. The molecule has 0 heterocycles. The smallest absolute Gasteiger partial charge is 0.307 e. The van der Waals surface area contributed by atoms with Crippen LogP contribution in [0.15, 0.2) is 24.3 Å². The monoisotopic (exact) mass is 321 g/mol. The molecule has 0 saturated carbocycles. The van der Waals surface area contributed by atoms with Crippen molar-refractivity contribution in [2.45, 2.75) is 52.6 Å². The average Bonchev–Trinajstić information content (AvgIpc) is 2.57. The van der Waals surface area contributed by atoms with E-state index in [2.05, 4.69) is 30.9 Å². The van der Waals surface area contributed by atoms with Crippen molar-refractivity contribution in [3.05, 3.63) is 35.4 Å². The molecule has 0 spiro atoms. The number of carbonyl (C=O) groups excluding carboxylic acids is 1. The van der Waals surface area contributed by atoms with E-state index < -0.39 is 6.10 Å². The maximum Gasteiger partial charge on any atom is 0.307 e. The fraction of sp³-hybridized carbons (Fsp3) is 0.632. The Labute approximate surface area is 140 Å². The Morgan fingerprint density at radius 1 is 1.13 bits per heavy atom. The van der Waals surface area contributed by atoms with E-state index in [4.69, 9.17) is 4.74 Å². The van der Waals surface area contributed by atoms with Crippen LogP contribution in [0.4, 0.5) is 0 Å². The first kappa shape index (κ1) is 19.7. The van der Waals surface area contributed by atoms with Crippen LogP contribution in [-0.4, -0.2) is 42.2 Å². The van der Waals surface area contributed by atoms with Crippen molar-refractivity contribution in [2.24, 2.45) is 0 Å². The van der Waals surface area contributed by atoms with Crippen LogP contribution in [0.2, 0.25) is 0 Å². The summed E-state index contributed by atoms with van der Waals surface area (Å²) in [5.74, 6) is -0.149. The molecule has 1 rings (SSSR count). The highest BCUT2D eigenvalue weighted by Gasteiger charge is 2.12. The Morgan fingerprint density at radius 3 is 2.39 bits per heavy atom. The Morgan fingerprint density at radius 2 is 1.83 bits per heavy atom. The van der Waals surface area contributed by atoms with Gasteiger partial charge in [-0.1, -0.05) is 38.1 Å². The highest BCUT2D eigenvalue weighted by atomic mass is 16.5. The lowest BCUT2D eigenvalue weighted by atomic mass is 10.0. The summed E-state index contributed by atoms with van der Waals surface area (Å²) in [6.07, 6.45) is 2.67. The minimum Gasteiger partial charge on any atom is -0.466 e. The normalized spacial score (nSPS) is 12.4. The molecule has 4 heteroatoms. The first-order chi connectivity index (χ1) is 11.1. The number of esters is 1. The van der Waals surface area contributed by atoms with E-state index in [1.807, 2.05) is 19.1 Å². The predicted octanol–water partition coefficient (Wildman–Crippen LogP) is 3.34. The third-order valence-electron chi connectivity index (χ3n) is 3.97. The molecular formula is C19H31NO3. The number of nitrogens with zero attached hydrogens (tertiary/aromatic N) is 1. The van der Waals surface area contributed by atoms with Gasteiger partial charge in [-0.15, -0.1) is 0 Å². The van der Waals surface area contributed by atoms with E-state index in [0.29, 0.717) is 26.0 Å². The van der Waals surface area contributed by atoms with Crippen LogP contribution in [-0.2, 0) is 16.0 Å². The van der Waals surface area contributed by atoms with Crippen molar-refractivity contribution in [1.29, 1.82) is 0 Å². The SMILES string of the molecule is CCCN(CCC(=O)OCC)CCC(O)c1ccc(CC)cc1. The lowest BCUT2D eigenvalue weighted by Crippen LogP contribution is -2.29. The topological polar surface area (TPSA) is 49.8 Å². The first-order valence-electron chi connectivity index (χ1n) is 8.75.